The van der Waals surface area contributed by atoms with Gasteiger partial charge in [0.1, 0.15) is 0 Å². The van der Waals surface area contributed by atoms with Crippen LogP contribution >= 0.6 is 24.2 Å². The normalized spacial score (nSPS) is 12.3. The Labute approximate surface area is 109 Å². The summed E-state index contributed by atoms with van der Waals surface area (Å²) in [6, 6.07) is 9.14. The third-order valence-corrected chi connectivity index (χ3v) is 3.43. The van der Waals surface area contributed by atoms with E-state index in [1.807, 2.05) is 0 Å². The molecule has 0 aliphatic rings. The lowest BCUT2D eigenvalue weighted by atomic mass is 10.2. The predicted molar refractivity (Wildman–Crippen MR) is 75.5 cm³/mol. The van der Waals surface area contributed by atoms with Gasteiger partial charge in [0.15, 0.2) is 0 Å². The molecule has 0 aliphatic carbocycles. The molecular formula is C12H21ClN2S. The quantitative estimate of drug-likeness (QED) is 0.826. The fourth-order valence-electron chi connectivity index (χ4n) is 1.35. The molecule has 92 valence electrons. The zero-order valence-corrected chi connectivity index (χ0v) is 11.8. The van der Waals surface area contributed by atoms with Crippen molar-refractivity contribution in [2.75, 3.05) is 19.8 Å². The molecule has 0 radical (unpaired) electrons. The summed E-state index contributed by atoms with van der Waals surface area (Å²) in [5, 5.41) is 0. The molecule has 2 nitrogen and oxygen atoms in total. The zero-order valence-electron chi connectivity index (χ0n) is 10.1. The minimum Gasteiger partial charge on any atom is -0.329 e. The Balaban J connectivity index is 0.00000225. The van der Waals surface area contributed by atoms with Crippen LogP contribution in [-0.2, 0) is 6.54 Å². The van der Waals surface area contributed by atoms with Gasteiger partial charge in [-0.1, -0.05) is 12.1 Å². The van der Waals surface area contributed by atoms with Crippen LogP contribution < -0.4 is 5.73 Å². The van der Waals surface area contributed by atoms with Crippen LogP contribution in [0.15, 0.2) is 29.2 Å². The number of benzene rings is 1. The van der Waals surface area contributed by atoms with Crippen molar-refractivity contribution in [3.8, 4) is 0 Å². The molecule has 0 heterocycles. The summed E-state index contributed by atoms with van der Waals surface area (Å²) in [5.74, 6) is 0. The Kier molecular flexibility index (Phi) is 7.85. The number of hydrogen-bond acceptors (Lipinski definition) is 3. The van der Waals surface area contributed by atoms with Crippen molar-refractivity contribution in [2.45, 2.75) is 24.4 Å². The van der Waals surface area contributed by atoms with Crippen LogP contribution in [0.3, 0.4) is 0 Å². The van der Waals surface area contributed by atoms with E-state index < -0.39 is 0 Å². The largest absolute Gasteiger partial charge is 0.329 e. The van der Waals surface area contributed by atoms with E-state index >= 15 is 0 Å². The molecule has 1 unspecified atom stereocenters. The number of thioether (sulfide) groups is 1. The van der Waals surface area contributed by atoms with Crippen molar-refractivity contribution in [1.29, 1.82) is 0 Å². The molecule has 0 amide bonds. The molecule has 0 fully saturated rings. The van der Waals surface area contributed by atoms with Gasteiger partial charge in [-0.25, -0.2) is 0 Å². The van der Waals surface area contributed by atoms with E-state index in [-0.39, 0.29) is 12.4 Å². The standard InChI is InChI=1S/C12H20N2S.ClH/c1-10(8-13)14(2)9-11-4-6-12(15-3)7-5-11;/h4-7,10H,8-9,13H2,1-3H3;1H. The molecule has 0 saturated carbocycles. The highest BCUT2D eigenvalue weighted by Gasteiger charge is 2.06. The fraction of sp³-hybridized carbons (Fsp3) is 0.500. The predicted octanol–water partition coefficient (Wildman–Crippen LogP) is 2.61. The van der Waals surface area contributed by atoms with E-state index in [2.05, 4.69) is 49.4 Å². The highest BCUT2D eigenvalue weighted by Crippen LogP contribution is 2.15. The van der Waals surface area contributed by atoms with E-state index in [1.165, 1.54) is 10.5 Å². The Morgan fingerprint density at radius 3 is 2.31 bits per heavy atom. The number of rotatable bonds is 5. The second-order valence-corrected chi connectivity index (χ2v) is 4.73. The van der Waals surface area contributed by atoms with Gasteiger partial charge >= 0.3 is 0 Å². The third kappa shape index (κ3) is 4.74. The van der Waals surface area contributed by atoms with Crippen molar-refractivity contribution >= 4 is 24.2 Å². The monoisotopic (exact) mass is 260 g/mol. The minimum absolute atomic E-state index is 0. The van der Waals surface area contributed by atoms with Crippen LogP contribution in [-0.4, -0.2) is 30.8 Å². The summed E-state index contributed by atoms with van der Waals surface area (Å²) in [6.07, 6.45) is 2.09. The summed E-state index contributed by atoms with van der Waals surface area (Å²) in [5.41, 5.74) is 6.97. The maximum atomic E-state index is 5.63. The summed E-state index contributed by atoms with van der Waals surface area (Å²) in [7, 11) is 2.11. The molecule has 4 heteroatoms. The number of halogens is 1. The van der Waals surface area contributed by atoms with Crippen molar-refractivity contribution in [3.63, 3.8) is 0 Å². The van der Waals surface area contributed by atoms with Crippen LogP contribution in [0, 0.1) is 0 Å². The number of nitrogens with zero attached hydrogens (tertiary/aromatic N) is 1. The van der Waals surface area contributed by atoms with E-state index in [0.29, 0.717) is 12.6 Å². The first kappa shape index (κ1) is 15.8. The van der Waals surface area contributed by atoms with E-state index in [1.54, 1.807) is 11.8 Å². The van der Waals surface area contributed by atoms with Crippen molar-refractivity contribution in [3.05, 3.63) is 29.8 Å². The number of nitrogens with two attached hydrogens (primary N) is 1. The molecule has 1 aromatic rings. The van der Waals surface area contributed by atoms with Gasteiger partial charge in [-0.2, -0.15) is 0 Å². The third-order valence-electron chi connectivity index (χ3n) is 2.68. The van der Waals surface area contributed by atoms with Gasteiger partial charge in [-0.3, -0.25) is 4.90 Å². The number of hydrogen-bond donors (Lipinski definition) is 1. The summed E-state index contributed by atoms with van der Waals surface area (Å²) in [6.45, 7) is 3.82. The van der Waals surface area contributed by atoms with Crippen LogP contribution in [0.25, 0.3) is 0 Å². The Bertz CT molecular complexity index is 290. The van der Waals surface area contributed by atoms with Crippen molar-refractivity contribution in [2.24, 2.45) is 5.73 Å². The topological polar surface area (TPSA) is 29.3 Å². The zero-order chi connectivity index (χ0) is 11.3. The van der Waals surface area contributed by atoms with Crippen LogP contribution in [0.1, 0.15) is 12.5 Å². The maximum absolute atomic E-state index is 5.63. The first-order valence-corrected chi connectivity index (χ1v) is 6.43. The smallest absolute Gasteiger partial charge is 0.0234 e. The summed E-state index contributed by atoms with van der Waals surface area (Å²) in [4.78, 5) is 3.59. The lowest BCUT2D eigenvalue weighted by Gasteiger charge is -2.23. The Hall–Kier alpha value is -0.220. The van der Waals surface area contributed by atoms with Gasteiger partial charge in [0, 0.05) is 24.0 Å². The molecule has 16 heavy (non-hydrogen) atoms. The van der Waals surface area contributed by atoms with E-state index in [0.717, 1.165) is 6.54 Å². The molecule has 1 rings (SSSR count). The molecule has 1 aromatic carbocycles. The first-order chi connectivity index (χ1) is 7.17. The van der Waals surface area contributed by atoms with Gasteiger partial charge in [0.25, 0.3) is 0 Å². The lowest BCUT2D eigenvalue weighted by Crippen LogP contribution is -2.34. The van der Waals surface area contributed by atoms with Gasteiger partial charge in [0.05, 0.1) is 0 Å². The first-order valence-electron chi connectivity index (χ1n) is 5.20. The van der Waals surface area contributed by atoms with Gasteiger partial charge in [0.2, 0.25) is 0 Å². The summed E-state index contributed by atoms with van der Waals surface area (Å²) < 4.78 is 0. The average molecular weight is 261 g/mol. The van der Waals surface area contributed by atoms with Gasteiger partial charge < -0.3 is 5.73 Å². The molecule has 0 aliphatic heterocycles. The SMILES string of the molecule is CSc1ccc(CN(C)C(C)CN)cc1.Cl. The summed E-state index contributed by atoms with van der Waals surface area (Å²) >= 11 is 1.77. The molecule has 0 spiro atoms. The van der Waals surface area contributed by atoms with Crippen molar-refractivity contribution in [1.82, 2.24) is 4.90 Å². The van der Waals surface area contributed by atoms with Crippen LogP contribution in [0.4, 0.5) is 0 Å². The minimum atomic E-state index is 0. The highest BCUT2D eigenvalue weighted by molar-refractivity contribution is 7.98. The second-order valence-electron chi connectivity index (χ2n) is 3.85. The lowest BCUT2D eigenvalue weighted by molar-refractivity contribution is 0.255. The molecular weight excluding hydrogens is 240 g/mol. The highest BCUT2D eigenvalue weighted by atomic mass is 35.5. The molecule has 0 bridgehead atoms. The second kappa shape index (κ2) is 7.96. The van der Waals surface area contributed by atoms with Gasteiger partial charge in [-0.05, 0) is 37.9 Å². The average Bonchev–Trinajstić information content (AvgIpc) is 2.29. The molecule has 2 N–H and O–H groups in total. The van der Waals surface area contributed by atoms with E-state index in [4.69, 9.17) is 5.73 Å². The molecule has 1 atom stereocenters. The van der Waals surface area contributed by atoms with Crippen molar-refractivity contribution < 1.29 is 0 Å². The van der Waals surface area contributed by atoms with Crippen LogP contribution in [0.5, 0.6) is 0 Å². The van der Waals surface area contributed by atoms with Crippen LogP contribution in [0.2, 0.25) is 0 Å². The molecule has 0 saturated heterocycles. The maximum Gasteiger partial charge on any atom is 0.0234 e. The van der Waals surface area contributed by atoms with E-state index in [9.17, 15) is 0 Å². The molecule has 0 aromatic heterocycles. The Morgan fingerprint density at radius 2 is 1.88 bits per heavy atom. The van der Waals surface area contributed by atoms with Gasteiger partial charge in [-0.15, -0.1) is 24.2 Å². The fourth-order valence-corrected chi connectivity index (χ4v) is 1.76. The number of likely N-dealkylation sites (N-methyl/N-ethyl adjacent to an activating group) is 1. The Morgan fingerprint density at radius 1 is 1.31 bits per heavy atom.